The zero-order valence-electron chi connectivity index (χ0n) is 10.3. The molecule has 0 saturated carbocycles. The minimum atomic E-state index is -0.829. The molecule has 3 heterocycles. The largest absolute Gasteiger partial charge is 0.481 e. The Hall–Kier alpha value is -1.73. The van der Waals surface area contributed by atoms with Crippen molar-refractivity contribution in [2.45, 2.75) is 6.04 Å². The molecule has 3 rings (SSSR count). The summed E-state index contributed by atoms with van der Waals surface area (Å²) in [5, 5.41) is 12.1. The van der Waals surface area contributed by atoms with Gasteiger partial charge in [-0.15, -0.1) is 11.3 Å². The number of carboxylic acid groups (broad SMARTS) is 1. The molecule has 2 aromatic rings. The molecule has 1 aliphatic rings. The summed E-state index contributed by atoms with van der Waals surface area (Å²) in [4.78, 5) is 22.5. The Morgan fingerprint density at radius 1 is 1.53 bits per heavy atom. The smallest absolute Gasteiger partial charge is 0.311 e. The van der Waals surface area contributed by atoms with Crippen LogP contribution in [0, 0.1) is 5.92 Å². The zero-order valence-corrected chi connectivity index (χ0v) is 11.1. The van der Waals surface area contributed by atoms with Gasteiger partial charge in [0.2, 0.25) is 0 Å². The molecule has 0 spiro atoms. The van der Waals surface area contributed by atoms with Crippen molar-refractivity contribution in [2.24, 2.45) is 5.92 Å². The fourth-order valence-electron chi connectivity index (χ4n) is 2.38. The molecule has 2 atom stereocenters. The Kier molecular flexibility index (Phi) is 3.08. The number of carbonyl (C=O) groups is 1. The van der Waals surface area contributed by atoms with E-state index in [1.807, 2.05) is 23.4 Å². The topological polar surface area (TPSA) is 75.5 Å². The highest BCUT2D eigenvalue weighted by molar-refractivity contribution is 7.16. The molecule has 2 aromatic heterocycles. The Morgan fingerprint density at radius 3 is 3.16 bits per heavy atom. The van der Waals surface area contributed by atoms with Gasteiger partial charge in [-0.1, -0.05) is 0 Å². The first kappa shape index (κ1) is 12.3. The van der Waals surface area contributed by atoms with E-state index < -0.39 is 11.9 Å². The van der Waals surface area contributed by atoms with Crippen LogP contribution in [0.2, 0.25) is 0 Å². The van der Waals surface area contributed by atoms with Crippen LogP contribution in [0.15, 0.2) is 17.8 Å². The van der Waals surface area contributed by atoms with Gasteiger partial charge in [-0.25, -0.2) is 9.97 Å². The molecule has 100 valence electrons. The average molecular weight is 279 g/mol. The number of carboxylic acids is 1. The van der Waals surface area contributed by atoms with Crippen molar-refractivity contribution in [1.29, 1.82) is 0 Å². The van der Waals surface area contributed by atoms with Crippen molar-refractivity contribution in [3.8, 4) is 0 Å². The summed E-state index contributed by atoms with van der Waals surface area (Å²) in [7, 11) is 1.86. The second-order valence-corrected chi connectivity index (χ2v) is 5.39. The summed E-state index contributed by atoms with van der Waals surface area (Å²) in [6, 6.07) is 1.76. The lowest BCUT2D eigenvalue weighted by Gasteiger charge is -2.27. The number of anilines is 1. The average Bonchev–Trinajstić information content (AvgIpc) is 3.05. The Bertz CT molecular complexity index is 615. The molecule has 0 aromatic carbocycles. The number of thiophene rings is 1. The normalized spacial score (nSPS) is 22.8. The van der Waals surface area contributed by atoms with Crippen LogP contribution in [0.5, 0.6) is 0 Å². The van der Waals surface area contributed by atoms with Gasteiger partial charge in [-0.2, -0.15) is 0 Å². The van der Waals surface area contributed by atoms with E-state index in [2.05, 4.69) is 9.97 Å². The monoisotopic (exact) mass is 279 g/mol. The van der Waals surface area contributed by atoms with Crippen LogP contribution in [0.3, 0.4) is 0 Å². The van der Waals surface area contributed by atoms with Gasteiger partial charge in [0.25, 0.3) is 0 Å². The highest BCUT2D eigenvalue weighted by Crippen LogP contribution is 2.30. The fourth-order valence-corrected chi connectivity index (χ4v) is 3.10. The van der Waals surface area contributed by atoms with Gasteiger partial charge in [0, 0.05) is 7.05 Å². The van der Waals surface area contributed by atoms with Crippen molar-refractivity contribution in [2.75, 3.05) is 25.2 Å². The predicted molar refractivity (Wildman–Crippen MR) is 71.6 cm³/mol. The summed E-state index contributed by atoms with van der Waals surface area (Å²) in [6.45, 7) is 0.658. The van der Waals surface area contributed by atoms with E-state index in [0.29, 0.717) is 6.61 Å². The zero-order chi connectivity index (χ0) is 13.4. The van der Waals surface area contributed by atoms with E-state index in [0.717, 1.165) is 16.0 Å². The third-order valence-corrected chi connectivity index (χ3v) is 4.26. The molecule has 0 radical (unpaired) electrons. The van der Waals surface area contributed by atoms with Crippen LogP contribution in [-0.4, -0.2) is 47.3 Å². The first-order chi connectivity index (χ1) is 9.18. The lowest BCUT2D eigenvalue weighted by Crippen LogP contribution is -2.41. The number of fused-ring (bicyclic) bond motifs is 1. The van der Waals surface area contributed by atoms with E-state index in [9.17, 15) is 9.90 Å². The van der Waals surface area contributed by atoms with E-state index in [1.54, 1.807) is 11.3 Å². The number of aliphatic carboxylic acids is 1. The molecule has 19 heavy (non-hydrogen) atoms. The minimum Gasteiger partial charge on any atom is -0.481 e. The van der Waals surface area contributed by atoms with Crippen molar-refractivity contribution in [3.05, 3.63) is 17.8 Å². The van der Waals surface area contributed by atoms with Crippen LogP contribution < -0.4 is 4.90 Å². The Morgan fingerprint density at radius 2 is 2.37 bits per heavy atom. The van der Waals surface area contributed by atoms with Gasteiger partial charge >= 0.3 is 5.97 Å². The van der Waals surface area contributed by atoms with Gasteiger partial charge in [-0.05, 0) is 11.4 Å². The highest BCUT2D eigenvalue weighted by atomic mass is 32.1. The second-order valence-electron chi connectivity index (χ2n) is 4.50. The quantitative estimate of drug-likeness (QED) is 0.910. The molecule has 1 saturated heterocycles. The number of rotatable bonds is 3. The van der Waals surface area contributed by atoms with Crippen LogP contribution in [0.4, 0.5) is 5.82 Å². The Labute approximate surface area is 113 Å². The molecule has 2 unspecified atom stereocenters. The SMILES string of the molecule is CN(c1ncnc2sccc12)C1COCC1C(=O)O. The van der Waals surface area contributed by atoms with Gasteiger partial charge in [0.05, 0.1) is 24.6 Å². The molecule has 1 fully saturated rings. The summed E-state index contributed by atoms with van der Waals surface area (Å²) in [5.74, 6) is -0.591. The van der Waals surface area contributed by atoms with Gasteiger partial charge in [0.1, 0.15) is 22.9 Å². The van der Waals surface area contributed by atoms with Crippen molar-refractivity contribution < 1.29 is 14.6 Å². The summed E-state index contributed by atoms with van der Waals surface area (Å²) < 4.78 is 5.30. The number of hydrogen-bond acceptors (Lipinski definition) is 6. The van der Waals surface area contributed by atoms with E-state index in [-0.39, 0.29) is 12.6 Å². The van der Waals surface area contributed by atoms with Gasteiger partial charge < -0.3 is 14.7 Å². The van der Waals surface area contributed by atoms with Crippen LogP contribution >= 0.6 is 11.3 Å². The first-order valence-electron chi connectivity index (χ1n) is 5.90. The molecule has 1 N–H and O–H groups in total. The van der Waals surface area contributed by atoms with E-state index in [4.69, 9.17) is 4.74 Å². The van der Waals surface area contributed by atoms with Crippen LogP contribution in [-0.2, 0) is 9.53 Å². The first-order valence-corrected chi connectivity index (χ1v) is 6.78. The maximum absolute atomic E-state index is 11.2. The highest BCUT2D eigenvalue weighted by Gasteiger charge is 2.37. The van der Waals surface area contributed by atoms with Gasteiger partial charge in [0.15, 0.2) is 0 Å². The second kappa shape index (κ2) is 4.75. The number of nitrogens with zero attached hydrogens (tertiary/aromatic N) is 3. The third-order valence-electron chi connectivity index (χ3n) is 3.44. The van der Waals surface area contributed by atoms with Gasteiger partial charge in [-0.3, -0.25) is 4.79 Å². The molecular weight excluding hydrogens is 266 g/mol. The predicted octanol–water partition coefficient (Wildman–Crippen LogP) is 1.23. The number of hydrogen-bond donors (Lipinski definition) is 1. The van der Waals surface area contributed by atoms with Crippen LogP contribution in [0.25, 0.3) is 10.2 Å². The lowest BCUT2D eigenvalue weighted by atomic mass is 10.0. The number of ether oxygens (including phenoxy) is 1. The number of likely N-dealkylation sites (N-methyl/N-ethyl adjacent to an activating group) is 1. The summed E-state index contributed by atoms with van der Waals surface area (Å²) >= 11 is 1.54. The maximum atomic E-state index is 11.2. The van der Waals surface area contributed by atoms with Crippen LogP contribution in [0.1, 0.15) is 0 Å². The van der Waals surface area contributed by atoms with E-state index >= 15 is 0 Å². The molecule has 0 amide bonds. The minimum absolute atomic E-state index is 0.199. The molecular formula is C12H13N3O3S. The molecule has 7 heteroatoms. The van der Waals surface area contributed by atoms with Crippen molar-refractivity contribution >= 4 is 33.3 Å². The maximum Gasteiger partial charge on any atom is 0.311 e. The fraction of sp³-hybridized carbons (Fsp3) is 0.417. The summed E-state index contributed by atoms with van der Waals surface area (Å²) in [5.41, 5.74) is 0. The molecule has 6 nitrogen and oxygen atoms in total. The van der Waals surface area contributed by atoms with Crippen molar-refractivity contribution in [1.82, 2.24) is 9.97 Å². The molecule has 0 aliphatic carbocycles. The van der Waals surface area contributed by atoms with Crippen molar-refractivity contribution in [3.63, 3.8) is 0 Å². The number of aromatic nitrogens is 2. The molecule has 1 aliphatic heterocycles. The Balaban J connectivity index is 1.97. The lowest BCUT2D eigenvalue weighted by molar-refractivity contribution is -0.141. The third kappa shape index (κ3) is 2.04. The standard InChI is InChI=1S/C12H13N3O3S/c1-15(9-5-18-4-8(9)12(16)17)10-7-2-3-19-11(7)14-6-13-10/h2-3,6,8-9H,4-5H2,1H3,(H,16,17). The molecule has 0 bridgehead atoms. The summed E-state index contributed by atoms with van der Waals surface area (Å²) in [6.07, 6.45) is 1.51. The van der Waals surface area contributed by atoms with E-state index in [1.165, 1.54) is 6.33 Å².